The van der Waals surface area contributed by atoms with Gasteiger partial charge in [-0.2, -0.15) is 0 Å². The first-order valence-corrected chi connectivity index (χ1v) is 9.66. The zero-order chi connectivity index (χ0) is 21.4. The summed E-state index contributed by atoms with van der Waals surface area (Å²) in [6.45, 7) is 5.58. The second kappa shape index (κ2) is 10.4. The number of carbonyl (C=O) groups is 2. The molecule has 0 aliphatic rings. The molecule has 0 radical (unpaired) electrons. The highest BCUT2D eigenvalue weighted by molar-refractivity contribution is 6.30. The third-order valence-electron chi connectivity index (χ3n) is 3.79. The highest BCUT2D eigenvalue weighted by Gasteiger charge is 2.16. The van der Waals surface area contributed by atoms with E-state index in [1.165, 1.54) is 0 Å². The molecule has 6 nitrogen and oxygen atoms in total. The molecule has 2 rings (SSSR count). The summed E-state index contributed by atoms with van der Waals surface area (Å²) >= 11 is 5.83. The Morgan fingerprint density at radius 2 is 1.66 bits per heavy atom. The predicted octanol–water partition coefficient (Wildman–Crippen LogP) is 3.45. The number of carbonyl (C=O) groups excluding carboxylic acids is 2. The third-order valence-corrected chi connectivity index (χ3v) is 4.04. The molecule has 0 spiro atoms. The minimum atomic E-state index is -0.809. The van der Waals surface area contributed by atoms with E-state index in [4.69, 9.17) is 21.1 Å². The number of hydrogen-bond donors (Lipinski definition) is 2. The van der Waals surface area contributed by atoms with Gasteiger partial charge in [-0.15, -0.1) is 0 Å². The smallest absolute Gasteiger partial charge is 0.320 e. The molecule has 7 heteroatoms. The molecule has 0 aliphatic carbocycles. The second-order valence-corrected chi connectivity index (χ2v) is 8.02. The first-order valence-electron chi connectivity index (χ1n) is 9.28. The number of hydrogen-bond acceptors (Lipinski definition) is 6. The molecule has 0 heterocycles. The van der Waals surface area contributed by atoms with Crippen molar-refractivity contribution in [2.45, 2.75) is 38.9 Å². The van der Waals surface area contributed by atoms with E-state index < -0.39 is 11.7 Å². The Balaban J connectivity index is 1.79. The summed E-state index contributed by atoms with van der Waals surface area (Å²) in [7, 11) is 0. The highest BCUT2D eigenvalue weighted by Crippen LogP contribution is 2.18. The van der Waals surface area contributed by atoms with Gasteiger partial charge < -0.3 is 19.9 Å². The number of aliphatic hydroxyl groups is 1. The van der Waals surface area contributed by atoms with Crippen LogP contribution in [0.3, 0.4) is 0 Å². The van der Waals surface area contributed by atoms with Gasteiger partial charge in [0.25, 0.3) is 0 Å². The Morgan fingerprint density at radius 3 is 2.24 bits per heavy atom. The van der Waals surface area contributed by atoms with Crippen LogP contribution in [0.25, 0.3) is 0 Å². The minimum Gasteiger partial charge on any atom is -0.459 e. The topological polar surface area (TPSA) is 84.9 Å². The Bertz CT molecular complexity index is 813. The third kappa shape index (κ3) is 8.64. The van der Waals surface area contributed by atoms with Crippen molar-refractivity contribution in [3.8, 4) is 5.75 Å². The lowest BCUT2D eigenvalue weighted by Crippen LogP contribution is -2.33. The van der Waals surface area contributed by atoms with Crippen molar-refractivity contribution in [2.24, 2.45) is 0 Å². The van der Waals surface area contributed by atoms with E-state index in [2.05, 4.69) is 5.32 Å². The number of halogens is 1. The zero-order valence-electron chi connectivity index (χ0n) is 16.8. The summed E-state index contributed by atoms with van der Waals surface area (Å²) in [6, 6.07) is 13.6. The number of nitrogens with one attached hydrogen (secondary N) is 1. The van der Waals surface area contributed by atoms with E-state index in [1.54, 1.807) is 69.3 Å². The first kappa shape index (κ1) is 22.9. The number of benzene rings is 2. The molecule has 1 atom stereocenters. The van der Waals surface area contributed by atoms with Crippen LogP contribution in [0.4, 0.5) is 0 Å². The number of esters is 2. The number of rotatable bonds is 8. The average molecular weight is 420 g/mol. The normalized spacial score (nSPS) is 12.3. The summed E-state index contributed by atoms with van der Waals surface area (Å²) in [5, 5.41) is 13.7. The van der Waals surface area contributed by atoms with E-state index in [9.17, 15) is 14.7 Å². The maximum atomic E-state index is 12.0. The lowest BCUT2D eigenvalue weighted by molar-refractivity contribution is -0.153. The summed E-state index contributed by atoms with van der Waals surface area (Å²) in [5.41, 5.74) is 0.903. The van der Waals surface area contributed by atoms with Crippen molar-refractivity contribution in [3.05, 3.63) is 64.7 Å². The molecule has 29 heavy (non-hydrogen) atoms. The van der Waals surface area contributed by atoms with Gasteiger partial charge in [-0.05, 0) is 56.2 Å². The minimum absolute atomic E-state index is 0.00866. The van der Waals surface area contributed by atoms with Crippen LogP contribution < -0.4 is 10.1 Å². The van der Waals surface area contributed by atoms with Crippen molar-refractivity contribution >= 4 is 23.5 Å². The number of aliphatic hydroxyl groups excluding tert-OH is 1. The van der Waals surface area contributed by atoms with E-state index >= 15 is 0 Å². The van der Waals surface area contributed by atoms with E-state index in [0.717, 1.165) is 5.56 Å². The predicted molar refractivity (Wildman–Crippen MR) is 111 cm³/mol. The largest absolute Gasteiger partial charge is 0.459 e. The molecule has 0 bridgehead atoms. The maximum Gasteiger partial charge on any atom is 0.320 e. The fourth-order valence-electron chi connectivity index (χ4n) is 2.50. The van der Waals surface area contributed by atoms with Crippen LogP contribution in [0, 0.1) is 0 Å². The summed E-state index contributed by atoms with van der Waals surface area (Å²) in [6.07, 6.45) is -0.674. The molecule has 1 unspecified atom stereocenters. The quantitative estimate of drug-likeness (QED) is 0.503. The van der Waals surface area contributed by atoms with Crippen molar-refractivity contribution in [2.75, 3.05) is 13.1 Å². The molecule has 0 saturated carbocycles. The lowest BCUT2D eigenvalue weighted by Gasteiger charge is -2.20. The van der Waals surface area contributed by atoms with Crippen molar-refractivity contribution in [1.82, 2.24) is 5.32 Å². The molecular formula is C22H26ClNO5. The van der Waals surface area contributed by atoms with Crippen LogP contribution >= 0.6 is 11.6 Å². The van der Waals surface area contributed by atoms with Crippen molar-refractivity contribution in [1.29, 1.82) is 0 Å². The highest BCUT2D eigenvalue weighted by atomic mass is 35.5. The first-order chi connectivity index (χ1) is 13.6. The van der Waals surface area contributed by atoms with Crippen molar-refractivity contribution < 1.29 is 24.2 Å². The Kier molecular flexibility index (Phi) is 8.20. The van der Waals surface area contributed by atoms with Gasteiger partial charge in [0.05, 0.1) is 19.1 Å². The average Bonchev–Trinajstić information content (AvgIpc) is 2.62. The van der Waals surface area contributed by atoms with Gasteiger partial charge in [0.2, 0.25) is 0 Å². The van der Waals surface area contributed by atoms with E-state index in [-0.39, 0.29) is 31.4 Å². The van der Waals surface area contributed by atoms with Crippen molar-refractivity contribution in [3.63, 3.8) is 0 Å². The Labute approximate surface area is 175 Å². The van der Waals surface area contributed by atoms with Crippen LogP contribution in [0.15, 0.2) is 48.5 Å². The molecule has 2 N–H and O–H groups in total. The van der Waals surface area contributed by atoms with Crippen LogP contribution in [0.1, 0.15) is 38.0 Å². The van der Waals surface area contributed by atoms with Gasteiger partial charge in [0, 0.05) is 11.6 Å². The lowest BCUT2D eigenvalue weighted by atomic mass is 10.1. The molecule has 0 amide bonds. The van der Waals surface area contributed by atoms with Gasteiger partial charge in [-0.25, -0.2) is 0 Å². The fraction of sp³-hybridized carbons (Fsp3) is 0.364. The van der Waals surface area contributed by atoms with Crippen LogP contribution in [0.2, 0.25) is 5.02 Å². The second-order valence-electron chi connectivity index (χ2n) is 7.58. The molecule has 0 aliphatic heterocycles. The monoisotopic (exact) mass is 419 g/mol. The fourth-order valence-corrected chi connectivity index (χ4v) is 2.63. The maximum absolute atomic E-state index is 12.0. The Morgan fingerprint density at radius 1 is 1.03 bits per heavy atom. The van der Waals surface area contributed by atoms with Gasteiger partial charge in [-0.3, -0.25) is 9.59 Å². The SMILES string of the molecule is CC(C)(C)OC(=O)CNCC(O)c1ccc(OC(=O)Cc2ccc(Cl)cc2)cc1. The zero-order valence-corrected chi connectivity index (χ0v) is 17.5. The van der Waals surface area contributed by atoms with Crippen LogP contribution in [-0.4, -0.2) is 35.7 Å². The van der Waals surface area contributed by atoms with Gasteiger partial charge in [0.1, 0.15) is 11.4 Å². The molecule has 2 aromatic carbocycles. The molecule has 156 valence electrons. The molecule has 0 fully saturated rings. The summed E-state index contributed by atoms with van der Waals surface area (Å²) in [5.74, 6) is -0.381. The molecule has 2 aromatic rings. The standard InChI is InChI=1S/C22H26ClNO5/c1-22(2,3)29-21(27)14-24-13-19(25)16-6-10-18(11-7-16)28-20(26)12-15-4-8-17(23)9-5-15/h4-11,19,24-25H,12-14H2,1-3H3. The van der Waals surface area contributed by atoms with Crippen LogP contribution in [-0.2, 0) is 20.7 Å². The summed E-state index contributed by atoms with van der Waals surface area (Å²) < 4.78 is 10.5. The van der Waals surface area contributed by atoms with Gasteiger partial charge in [-0.1, -0.05) is 35.9 Å². The molecule has 0 saturated heterocycles. The number of ether oxygens (including phenoxy) is 2. The van der Waals surface area contributed by atoms with E-state index in [1.807, 2.05) is 0 Å². The Hall–Kier alpha value is -2.41. The van der Waals surface area contributed by atoms with Crippen LogP contribution in [0.5, 0.6) is 5.75 Å². The van der Waals surface area contributed by atoms with Gasteiger partial charge in [0.15, 0.2) is 0 Å². The van der Waals surface area contributed by atoms with E-state index in [0.29, 0.717) is 16.3 Å². The van der Waals surface area contributed by atoms with Gasteiger partial charge >= 0.3 is 11.9 Å². The molecule has 0 aromatic heterocycles. The summed E-state index contributed by atoms with van der Waals surface area (Å²) in [4.78, 5) is 23.7. The molecular weight excluding hydrogens is 394 g/mol.